The highest BCUT2D eigenvalue weighted by molar-refractivity contribution is 5.58. The van der Waals surface area contributed by atoms with Gasteiger partial charge in [0.2, 0.25) is 5.89 Å². The second-order valence-corrected chi connectivity index (χ2v) is 4.38. The zero-order valence-electron chi connectivity index (χ0n) is 12.2. The number of nitrogens with one attached hydrogen (secondary N) is 2. The number of aromatic nitrogens is 2. The average molecular weight is 275 g/mol. The van der Waals surface area contributed by atoms with Crippen molar-refractivity contribution >= 4 is 17.4 Å². The predicted molar refractivity (Wildman–Crippen MR) is 80.3 cm³/mol. The molecule has 0 aliphatic carbocycles. The van der Waals surface area contributed by atoms with Gasteiger partial charge in [-0.3, -0.25) is 0 Å². The van der Waals surface area contributed by atoms with Gasteiger partial charge in [0, 0.05) is 24.5 Å². The first-order valence-electron chi connectivity index (χ1n) is 6.85. The Morgan fingerprint density at radius 3 is 2.40 bits per heavy atom. The van der Waals surface area contributed by atoms with Crippen LogP contribution in [0.15, 0.2) is 28.7 Å². The molecule has 0 aliphatic heterocycles. The summed E-state index contributed by atoms with van der Waals surface area (Å²) in [7, 11) is 1.84. The van der Waals surface area contributed by atoms with E-state index in [2.05, 4.69) is 51.7 Å². The molecule has 0 radical (unpaired) electrons. The molecule has 0 bridgehead atoms. The Hall–Kier alpha value is -2.08. The minimum atomic E-state index is 0.408. The molecule has 2 N–H and O–H groups in total. The topological polar surface area (TPSA) is 66.2 Å². The molecule has 2 rings (SSSR count). The first-order chi connectivity index (χ1) is 9.76. The molecule has 108 valence electrons. The minimum absolute atomic E-state index is 0.408. The quantitative estimate of drug-likeness (QED) is 0.808. The van der Waals surface area contributed by atoms with Gasteiger partial charge in [-0.2, -0.15) is 0 Å². The fraction of sp³-hybridized carbons (Fsp3) is 0.429. The SMILES string of the molecule is CCN(CC)c1ccc(Nc2nnc(CNC)o2)cc1. The lowest BCUT2D eigenvalue weighted by Gasteiger charge is -2.21. The molecule has 1 heterocycles. The van der Waals surface area contributed by atoms with Crippen LogP contribution in [0.25, 0.3) is 0 Å². The molecule has 0 atom stereocenters. The Balaban J connectivity index is 2.02. The van der Waals surface area contributed by atoms with Crippen molar-refractivity contribution in [3.8, 4) is 0 Å². The van der Waals surface area contributed by atoms with Crippen LogP contribution in [-0.2, 0) is 6.54 Å². The Labute approximate surface area is 119 Å². The lowest BCUT2D eigenvalue weighted by molar-refractivity contribution is 0.493. The number of hydrogen-bond donors (Lipinski definition) is 2. The Morgan fingerprint density at radius 1 is 1.10 bits per heavy atom. The highest BCUT2D eigenvalue weighted by atomic mass is 16.4. The molecule has 1 aromatic carbocycles. The average Bonchev–Trinajstić information content (AvgIpc) is 2.90. The summed E-state index contributed by atoms with van der Waals surface area (Å²) in [5, 5.41) is 13.9. The standard InChI is InChI=1S/C14H21N5O/c1-4-19(5-2)12-8-6-11(7-9-12)16-14-18-17-13(20-14)10-15-3/h6-9,15H,4-5,10H2,1-3H3,(H,16,18). The third kappa shape index (κ3) is 3.48. The van der Waals surface area contributed by atoms with Crippen LogP contribution in [0.3, 0.4) is 0 Å². The summed E-state index contributed by atoms with van der Waals surface area (Å²) < 4.78 is 5.44. The van der Waals surface area contributed by atoms with E-state index in [1.807, 2.05) is 19.2 Å². The van der Waals surface area contributed by atoms with E-state index in [1.165, 1.54) is 5.69 Å². The van der Waals surface area contributed by atoms with Gasteiger partial charge in [0.05, 0.1) is 6.54 Å². The molecule has 6 nitrogen and oxygen atoms in total. The Bertz CT molecular complexity index is 519. The molecule has 0 unspecified atom stereocenters. The number of benzene rings is 1. The number of nitrogens with zero attached hydrogens (tertiary/aromatic N) is 3. The van der Waals surface area contributed by atoms with Crippen molar-refractivity contribution < 1.29 is 4.42 Å². The lowest BCUT2D eigenvalue weighted by Crippen LogP contribution is -2.21. The first kappa shape index (κ1) is 14.3. The summed E-state index contributed by atoms with van der Waals surface area (Å²) in [5.41, 5.74) is 2.14. The largest absolute Gasteiger partial charge is 0.406 e. The highest BCUT2D eigenvalue weighted by Gasteiger charge is 2.06. The third-order valence-corrected chi connectivity index (χ3v) is 3.04. The first-order valence-corrected chi connectivity index (χ1v) is 6.85. The van der Waals surface area contributed by atoms with Gasteiger partial charge < -0.3 is 20.0 Å². The summed E-state index contributed by atoms with van der Waals surface area (Å²) in [6.45, 7) is 6.87. The third-order valence-electron chi connectivity index (χ3n) is 3.04. The van der Waals surface area contributed by atoms with Crippen molar-refractivity contribution in [2.24, 2.45) is 0 Å². The van der Waals surface area contributed by atoms with Gasteiger partial charge >= 0.3 is 6.01 Å². The Kier molecular flexibility index (Phi) is 4.95. The van der Waals surface area contributed by atoms with Gasteiger partial charge in [0.1, 0.15) is 0 Å². The smallest absolute Gasteiger partial charge is 0.320 e. The van der Waals surface area contributed by atoms with Crippen LogP contribution in [0, 0.1) is 0 Å². The van der Waals surface area contributed by atoms with Gasteiger partial charge in [-0.15, -0.1) is 5.10 Å². The van der Waals surface area contributed by atoms with Crippen molar-refractivity contribution in [2.75, 3.05) is 30.4 Å². The predicted octanol–water partition coefficient (Wildman–Crippen LogP) is 2.38. The molecule has 0 fully saturated rings. The zero-order chi connectivity index (χ0) is 14.4. The maximum atomic E-state index is 5.44. The van der Waals surface area contributed by atoms with Gasteiger partial charge in [-0.1, -0.05) is 5.10 Å². The van der Waals surface area contributed by atoms with E-state index in [1.54, 1.807) is 0 Å². The van der Waals surface area contributed by atoms with E-state index >= 15 is 0 Å². The summed E-state index contributed by atoms with van der Waals surface area (Å²) in [6, 6.07) is 8.59. The van der Waals surface area contributed by atoms with Crippen LogP contribution < -0.4 is 15.5 Å². The van der Waals surface area contributed by atoms with Crippen molar-refractivity contribution in [3.05, 3.63) is 30.2 Å². The normalized spacial score (nSPS) is 10.6. The van der Waals surface area contributed by atoms with Crippen LogP contribution >= 0.6 is 0 Å². The monoisotopic (exact) mass is 275 g/mol. The van der Waals surface area contributed by atoms with Crippen molar-refractivity contribution in [3.63, 3.8) is 0 Å². The van der Waals surface area contributed by atoms with Crippen LogP contribution in [0.5, 0.6) is 0 Å². The molecule has 0 amide bonds. The second kappa shape index (κ2) is 6.91. The molecule has 6 heteroatoms. The lowest BCUT2D eigenvalue weighted by atomic mass is 10.2. The van der Waals surface area contributed by atoms with Crippen LogP contribution in [0.2, 0.25) is 0 Å². The molecular formula is C14H21N5O. The molecule has 1 aromatic heterocycles. The van der Waals surface area contributed by atoms with Crippen LogP contribution in [-0.4, -0.2) is 30.3 Å². The summed E-state index contributed by atoms with van der Waals surface area (Å²) in [5.74, 6) is 0.565. The van der Waals surface area contributed by atoms with Crippen molar-refractivity contribution in [1.29, 1.82) is 0 Å². The minimum Gasteiger partial charge on any atom is -0.406 e. The molecule has 0 aliphatic rings. The fourth-order valence-corrected chi connectivity index (χ4v) is 1.99. The number of anilines is 3. The maximum absolute atomic E-state index is 5.44. The highest BCUT2D eigenvalue weighted by Crippen LogP contribution is 2.20. The van der Waals surface area contributed by atoms with Gasteiger partial charge in [-0.05, 0) is 45.2 Å². The van der Waals surface area contributed by atoms with E-state index in [9.17, 15) is 0 Å². The van der Waals surface area contributed by atoms with Gasteiger partial charge in [0.15, 0.2) is 0 Å². The number of hydrogen-bond acceptors (Lipinski definition) is 6. The molecule has 0 saturated carbocycles. The summed E-state index contributed by atoms with van der Waals surface area (Å²) in [4.78, 5) is 2.29. The molecule has 0 saturated heterocycles. The number of rotatable bonds is 7. The van der Waals surface area contributed by atoms with Crippen molar-refractivity contribution in [2.45, 2.75) is 20.4 Å². The van der Waals surface area contributed by atoms with Crippen LogP contribution in [0.1, 0.15) is 19.7 Å². The van der Waals surface area contributed by atoms with E-state index < -0.39 is 0 Å². The van der Waals surface area contributed by atoms with Crippen molar-refractivity contribution in [1.82, 2.24) is 15.5 Å². The van der Waals surface area contributed by atoms with E-state index in [-0.39, 0.29) is 0 Å². The Morgan fingerprint density at radius 2 is 1.80 bits per heavy atom. The molecule has 20 heavy (non-hydrogen) atoms. The maximum Gasteiger partial charge on any atom is 0.320 e. The molecule has 0 spiro atoms. The van der Waals surface area contributed by atoms with E-state index in [0.29, 0.717) is 18.5 Å². The zero-order valence-corrected chi connectivity index (χ0v) is 12.2. The van der Waals surface area contributed by atoms with Gasteiger partial charge in [-0.25, -0.2) is 0 Å². The fourth-order valence-electron chi connectivity index (χ4n) is 1.99. The van der Waals surface area contributed by atoms with E-state index in [4.69, 9.17) is 4.42 Å². The molecule has 2 aromatic rings. The second-order valence-electron chi connectivity index (χ2n) is 4.38. The molecular weight excluding hydrogens is 254 g/mol. The summed E-state index contributed by atoms with van der Waals surface area (Å²) in [6.07, 6.45) is 0. The summed E-state index contributed by atoms with van der Waals surface area (Å²) >= 11 is 0. The van der Waals surface area contributed by atoms with Gasteiger partial charge in [0.25, 0.3) is 0 Å². The van der Waals surface area contributed by atoms with E-state index in [0.717, 1.165) is 18.8 Å². The van der Waals surface area contributed by atoms with Crippen LogP contribution in [0.4, 0.5) is 17.4 Å².